The monoisotopic (exact) mass is 290 g/mol. The van der Waals surface area contributed by atoms with Gasteiger partial charge in [0.1, 0.15) is 12.0 Å². The molecule has 21 heavy (non-hydrogen) atoms. The molecule has 0 aliphatic carbocycles. The van der Waals surface area contributed by atoms with Gasteiger partial charge in [0, 0.05) is 19.0 Å². The molecule has 0 saturated carbocycles. The van der Waals surface area contributed by atoms with Crippen LogP contribution in [0.2, 0.25) is 0 Å². The number of carbonyl (C=O) groups excluding carboxylic acids is 1. The van der Waals surface area contributed by atoms with Crippen LogP contribution in [0.3, 0.4) is 0 Å². The second-order valence-electron chi connectivity index (χ2n) is 4.98. The van der Waals surface area contributed by atoms with Crippen molar-refractivity contribution in [2.75, 3.05) is 0 Å². The van der Waals surface area contributed by atoms with Crippen molar-refractivity contribution < 1.29 is 9.72 Å². The molecular formula is C14H18N4O3. The molecule has 0 amide bonds. The largest absolute Gasteiger partial charge is 0.386 e. The molecule has 0 radical (unpaired) electrons. The van der Waals surface area contributed by atoms with Crippen LogP contribution in [0.5, 0.6) is 0 Å². The number of nitrogens with zero attached hydrogens (tertiary/aromatic N) is 3. The van der Waals surface area contributed by atoms with Crippen LogP contribution in [-0.2, 0) is 18.3 Å². The highest BCUT2D eigenvalue weighted by atomic mass is 16.6. The lowest BCUT2D eigenvalue weighted by atomic mass is 9.88. The first-order valence-electron chi connectivity index (χ1n) is 6.28. The molecule has 112 valence electrons. The molecule has 0 aliphatic rings. The third-order valence-electron chi connectivity index (χ3n) is 3.36. The molecule has 7 heteroatoms. The minimum absolute atomic E-state index is 0.175. The van der Waals surface area contributed by atoms with E-state index in [9.17, 15) is 14.9 Å². The van der Waals surface area contributed by atoms with E-state index in [0.29, 0.717) is 23.4 Å². The van der Waals surface area contributed by atoms with Gasteiger partial charge < -0.3 is 15.8 Å². The maximum Gasteiger partial charge on any atom is 0.386 e. The molecule has 1 heterocycles. The molecule has 2 N–H and O–H groups in total. The maximum absolute atomic E-state index is 11.1. The Kier molecular flexibility index (Phi) is 5.00. The molecule has 0 spiro atoms. The van der Waals surface area contributed by atoms with Gasteiger partial charge in [0.2, 0.25) is 0 Å². The van der Waals surface area contributed by atoms with E-state index in [2.05, 4.69) is 16.8 Å². The highest BCUT2D eigenvalue weighted by Crippen LogP contribution is 2.25. The van der Waals surface area contributed by atoms with Gasteiger partial charge in [-0.25, -0.2) is 0 Å². The van der Waals surface area contributed by atoms with E-state index in [1.807, 2.05) is 0 Å². The minimum Gasteiger partial charge on any atom is -0.358 e. The first kappa shape index (κ1) is 16.6. The molecule has 7 nitrogen and oxygen atoms in total. The van der Waals surface area contributed by atoms with Gasteiger partial charge >= 0.3 is 5.82 Å². The van der Waals surface area contributed by atoms with Gasteiger partial charge in [-0.2, -0.15) is 0 Å². The predicted molar refractivity (Wildman–Crippen MR) is 78.5 cm³/mol. The van der Waals surface area contributed by atoms with Crippen LogP contribution in [0.1, 0.15) is 32.3 Å². The number of aldehydes is 1. The third-order valence-corrected chi connectivity index (χ3v) is 3.36. The number of hydrogen-bond donors (Lipinski definition) is 1. The van der Waals surface area contributed by atoms with E-state index in [4.69, 9.17) is 5.73 Å². The Morgan fingerprint density at radius 1 is 1.62 bits per heavy atom. The van der Waals surface area contributed by atoms with Gasteiger partial charge in [0.05, 0.1) is 0 Å². The summed E-state index contributed by atoms with van der Waals surface area (Å²) in [6.07, 6.45) is 2.18. The van der Waals surface area contributed by atoms with Gasteiger partial charge in [-0.3, -0.25) is 9.36 Å². The fraction of sp³-hybridized carbons (Fsp3) is 0.429. The number of nitro groups is 1. The lowest BCUT2D eigenvalue weighted by Gasteiger charge is -2.25. The molecule has 0 fully saturated rings. The van der Waals surface area contributed by atoms with Crippen molar-refractivity contribution in [1.29, 1.82) is 0 Å². The van der Waals surface area contributed by atoms with Crippen molar-refractivity contribution >= 4 is 12.1 Å². The molecule has 1 aromatic rings. The zero-order valence-corrected chi connectivity index (χ0v) is 12.5. The fourth-order valence-electron chi connectivity index (χ4n) is 1.86. The average Bonchev–Trinajstić information content (AvgIpc) is 2.68. The highest BCUT2D eigenvalue weighted by molar-refractivity contribution is 5.66. The van der Waals surface area contributed by atoms with Crippen LogP contribution in [0.25, 0.3) is 0 Å². The number of carbonyl (C=O) groups is 1. The summed E-state index contributed by atoms with van der Waals surface area (Å²) in [6, 6.07) is 0. The summed E-state index contributed by atoms with van der Waals surface area (Å²) in [4.78, 5) is 25.1. The zero-order valence-electron chi connectivity index (χ0n) is 12.5. The molecule has 0 aliphatic heterocycles. The fourth-order valence-corrected chi connectivity index (χ4v) is 1.86. The second kappa shape index (κ2) is 6.33. The Morgan fingerprint density at radius 2 is 2.24 bits per heavy atom. The molecule has 0 bridgehead atoms. The van der Waals surface area contributed by atoms with Gasteiger partial charge in [0.25, 0.3) is 5.82 Å². The number of hydrogen-bond acceptors (Lipinski definition) is 5. The summed E-state index contributed by atoms with van der Waals surface area (Å²) in [5, 5.41) is 11.1. The second-order valence-corrected chi connectivity index (χ2v) is 4.98. The van der Waals surface area contributed by atoms with Crippen LogP contribution >= 0.6 is 0 Å². The summed E-state index contributed by atoms with van der Waals surface area (Å²) >= 11 is 0. The van der Waals surface area contributed by atoms with Crippen molar-refractivity contribution in [3.63, 3.8) is 0 Å². The summed E-state index contributed by atoms with van der Waals surface area (Å²) in [7, 11) is 1.66. The van der Waals surface area contributed by atoms with Gasteiger partial charge in [-0.1, -0.05) is 11.5 Å². The predicted octanol–water partition coefficient (Wildman–Crippen LogP) is 1.10. The summed E-state index contributed by atoms with van der Waals surface area (Å²) < 4.78 is 1.56. The smallest absolute Gasteiger partial charge is 0.358 e. The number of allylic oxidation sites excluding steroid dienone is 1. The van der Waals surface area contributed by atoms with Crippen LogP contribution in [-0.4, -0.2) is 26.3 Å². The van der Waals surface area contributed by atoms with E-state index < -0.39 is 10.5 Å². The Morgan fingerprint density at radius 3 is 2.71 bits per heavy atom. The average molecular weight is 290 g/mol. The number of aromatic nitrogens is 2. The van der Waals surface area contributed by atoms with Crippen LogP contribution < -0.4 is 5.73 Å². The van der Waals surface area contributed by atoms with Gasteiger partial charge in [0.15, 0.2) is 0 Å². The van der Waals surface area contributed by atoms with E-state index in [-0.39, 0.29) is 12.2 Å². The lowest BCUT2D eigenvalue weighted by molar-refractivity contribution is -0.390. The molecule has 1 unspecified atom stereocenters. The molecule has 0 aromatic carbocycles. The van der Waals surface area contributed by atoms with E-state index in [1.165, 1.54) is 6.08 Å². The first-order valence-corrected chi connectivity index (χ1v) is 6.28. The summed E-state index contributed by atoms with van der Waals surface area (Å²) in [6.45, 7) is 5.05. The molecule has 1 rings (SSSR count). The van der Waals surface area contributed by atoms with Crippen LogP contribution in [0, 0.1) is 22.0 Å². The van der Waals surface area contributed by atoms with Crippen LogP contribution in [0.15, 0.2) is 11.6 Å². The third kappa shape index (κ3) is 3.55. The SMILES string of the molecule is CC#Cc1nc([N+](=O)[O-])c(CC(C)(N)C(C)=CC=O)n1C. The van der Waals surface area contributed by atoms with Crippen LogP contribution in [0.4, 0.5) is 5.82 Å². The quantitative estimate of drug-likeness (QED) is 0.287. The molecular weight excluding hydrogens is 272 g/mol. The van der Waals surface area contributed by atoms with Crippen molar-refractivity contribution in [2.45, 2.75) is 32.7 Å². The molecule has 1 atom stereocenters. The Hall–Kier alpha value is -2.46. The zero-order chi connectivity index (χ0) is 16.2. The Balaban J connectivity index is 3.35. The van der Waals surface area contributed by atoms with Crippen molar-refractivity contribution in [3.05, 3.63) is 33.3 Å². The number of rotatable bonds is 5. The standard InChI is InChI=1S/C14H18N4O3/c1-5-6-12-16-13(18(20)21)11(17(12)4)9-14(3,15)10(2)7-8-19/h7-8H,9,15H2,1-4H3. The van der Waals surface area contributed by atoms with Crippen molar-refractivity contribution in [1.82, 2.24) is 9.55 Å². The summed E-state index contributed by atoms with van der Waals surface area (Å²) in [5.74, 6) is 5.44. The normalized spacial score (nSPS) is 14.0. The highest BCUT2D eigenvalue weighted by Gasteiger charge is 2.31. The van der Waals surface area contributed by atoms with E-state index in [0.717, 1.165) is 0 Å². The van der Waals surface area contributed by atoms with Crippen molar-refractivity contribution in [2.24, 2.45) is 12.8 Å². The molecule has 1 aromatic heterocycles. The number of nitrogens with two attached hydrogens (primary N) is 1. The summed E-state index contributed by atoms with van der Waals surface area (Å²) in [5.41, 5.74) is 6.29. The Bertz CT molecular complexity index is 660. The van der Waals surface area contributed by atoms with E-state index >= 15 is 0 Å². The number of imidazole rings is 1. The van der Waals surface area contributed by atoms with Gasteiger partial charge in [-0.15, -0.1) is 0 Å². The Labute approximate surface area is 123 Å². The molecule has 0 saturated heterocycles. The minimum atomic E-state index is -0.892. The van der Waals surface area contributed by atoms with Gasteiger partial charge in [-0.05, 0) is 42.7 Å². The maximum atomic E-state index is 11.1. The van der Waals surface area contributed by atoms with Crippen molar-refractivity contribution in [3.8, 4) is 11.8 Å². The first-order chi connectivity index (χ1) is 9.74. The topological polar surface area (TPSA) is 104 Å². The van der Waals surface area contributed by atoms with E-state index in [1.54, 1.807) is 32.4 Å². The lowest BCUT2D eigenvalue weighted by Crippen LogP contribution is -2.40.